The molecule has 6 heteroatoms. The quantitative estimate of drug-likeness (QED) is 0.307. The van der Waals surface area contributed by atoms with Gasteiger partial charge in [0.25, 0.3) is 0 Å². The number of rotatable bonds is 4. The van der Waals surface area contributed by atoms with Gasteiger partial charge in [-0.1, -0.05) is 61.8 Å². The monoisotopic (exact) mass is 499 g/mol. The molecule has 1 fully saturated rings. The normalized spacial score (nSPS) is 16.9. The molecule has 4 aromatic rings. The number of halogens is 1. The van der Waals surface area contributed by atoms with Gasteiger partial charge in [-0.05, 0) is 35.9 Å². The number of hydrogen-bond donors (Lipinski definition) is 0. The molecule has 0 atom stereocenters. The van der Waals surface area contributed by atoms with Gasteiger partial charge in [0, 0.05) is 47.4 Å². The van der Waals surface area contributed by atoms with Crippen molar-refractivity contribution in [2.75, 3.05) is 49.8 Å². The third kappa shape index (κ3) is 3.78. The molecule has 5 nitrogen and oxygen atoms in total. The van der Waals surface area contributed by atoms with Gasteiger partial charge in [0.15, 0.2) is 0 Å². The van der Waals surface area contributed by atoms with Crippen molar-refractivity contribution in [1.82, 2.24) is 4.98 Å². The van der Waals surface area contributed by atoms with Crippen molar-refractivity contribution in [3.05, 3.63) is 77.3 Å². The number of nitrogens with zero attached hydrogens (tertiary/aromatic N) is 3. The molecule has 0 saturated carbocycles. The molecule has 3 aromatic carbocycles. The maximum atomic E-state index is 7.29. The summed E-state index contributed by atoms with van der Waals surface area (Å²) in [5.41, 5.74) is 7.25. The molecule has 0 radical (unpaired) electrons. The average Bonchev–Trinajstić information content (AvgIpc) is 3.18. The molecule has 1 saturated heterocycles. The number of fused-ring (bicyclic) bond motifs is 2. The van der Waals surface area contributed by atoms with Gasteiger partial charge in [0.1, 0.15) is 5.75 Å². The number of hydrogen-bond acceptors (Lipinski definition) is 5. The zero-order valence-corrected chi connectivity index (χ0v) is 21.7. The fourth-order valence-electron chi connectivity index (χ4n) is 5.55. The van der Waals surface area contributed by atoms with Gasteiger partial charge in [-0.3, -0.25) is 0 Å². The lowest BCUT2D eigenvalue weighted by Gasteiger charge is -2.30. The van der Waals surface area contributed by atoms with Crippen LogP contribution in [-0.4, -0.2) is 44.9 Å². The number of methoxy groups -OCH3 is 1. The zero-order chi connectivity index (χ0) is 24.9. The Morgan fingerprint density at radius 1 is 0.972 bits per heavy atom. The first-order valence-electron chi connectivity index (χ1n) is 12.4. The molecule has 36 heavy (non-hydrogen) atoms. The van der Waals surface area contributed by atoms with Gasteiger partial charge in [0.2, 0.25) is 0 Å². The Balaban J connectivity index is 1.57. The second kappa shape index (κ2) is 8.99. The highest BCUT2D eigenvalue weighted by Crippen LogP contribution is 2.51. The highest BCUT2D eigenvalue weighted by molar-refractivity contribution is 6.37. The summed E-state index contributed by atoms with van der Waals surface area (Å²) < 4.78 is 11.3. The standard InChI is InChI=1S/C30H30ClN3O2/c1-30(2)19-34(25-18-20(12-13-23(25)30)33-14-16-36-17-15-33)29-21-8-4-6-10-24(21)32-28(27(29)31)22-9-5-7-11-26(22)35-3/h4-13,18H,14-17,19H2,1-3H3. The lowest BCUT2D eigenvalue weighted by Crippen LogP contribution is -2.36. The smallest absolute Gasteiger partial charge is 0.128 e. The van der Waals surface area contributed by atoms with Crippen molar-refractivity contribution in [2.45, 2.75) is 19.3 Å². The van der Waals surface area contributed by atoms with Crippen LogP contribution in [0.15, 0.2) is 66.7 Å². The summed E-state index contributed by atoms with van der Waals surface area (Å²) in [6, 6.07) is 23.0. The van der Waals surface area contributed by atoms with Crippen LogP contribution >= 0.6 is 11.6 Å². The van der Waals surface area contributed by atoms with Crippen LogP contribution in [0.5, 0.6) is 5.75 Å². The van der Waals surface area contributed by atoms with E-state index < -0.39 is 0 Å². The van der Waals surface area contributed by atoms with Crippen LogP contribution in [0.3, 0.4) is 0 Å². The Morgan fingerprint density at radius 3 is 2.53 bits per heavy atom. The molecule has 0 bridgehead atoms. The highest BCUT2D eigenvalue weighted by atomic mass is 35.5. The molecular weight excluding hydrogens is 470 g/mol. The van der Waals surface area contributed by atoms with Gasteiger partial charge in [-0.2, -0.15) is 0 Å². The Labute approximate surface area is 217 Å². The van der Waals surface area contributed by atoms with E-state index in [0.29, 0.717) is 5.02 Å². The predicted molar refractivity (Wildman–Crippen MR) is 148 cm³/mol. The average molecular weight is 500 g/mol. The summed E-state index contributed by atoms with van der Waals surface area (Å²) in [6.07, 6.45) is 0. The summed E-state index contributed by atoms with van der Waals surface area (Å²) in [6.45, 7) is 8.76. The number of aromatic nitrogens is 1. The van der Waals surface area contributed by atoms with E-state index in [1.165, 1.54) is 16.9 Å². The molecule has 0 amide bonds. The molecular formula is C30H30ClN3O2. The van der Waals surface area contributed by atoms with Crippen molar-refractivity contribution < 1.29 is 9.47 Å². The fourth-order valence-corrected chi connectivity index (χ4v) is 5.90. The molecule has 2 aliphatic rings. The predicted octanol–water partition coefficient (Wildman–Crippen LogP) is 6.83. The number of benzene rings is 3. The Morgan fingerprint density at radius 2 is 1.72 bits per heavy atom. The molecule has 0 unspecified atom stereocenters. The zero-order valence-electron chi connectivity index (χ0n) is 20.9. The van der Waals surface area contributed by atoms with Crippen molar-refractivity contribution in [1.29, 1.82) is 0 Å². The van der Waals surface area contributed by atoms with Gasteiger partial charge in [-0.15, -0.1) is 0 Å². The SMILES string of the molecule is COc1ccccc1-c1nc2ccccc2c(N2CC(C)(C)c3ccc(N4CCOCC4)cc32)c1Cl. The second-order valence-electron chi connectivity index (χ2n) is 10.1. The maximum Gasteiger partial charge on any atom is 0.128 e. The minimum absolute atomic E-state index is 0.0306. The van der Waals surface area contributed by atoms with E-state index in [-0.39, 0.29) is 5.41 Å². The highest BCUT2D eigenvalue weighted by Gasteiger charge is 2.38. The first-order valence-corrected chi connectivity index (χ1v) is 12.8. The fraction of sp³-hybridized carbons (Fsp3) is 0.300. The van der Waals surface area contributed by atoms with Crippen LogP contribution in [0.25, 0.3) is 22.2 Å². The molecule has 0 aliphatic carbocycles. The number of pyridine rings is 1. The molecule has 3 heterocycles. The van der Waals surface area contributed by atoms with Crippen LogP contribution < -0.4 is 14.5 Å². The summed E-state index contributed by atoms with van der Waals surface area (Å²) in [5.74, 6) is 0.755. The van der Waals surface area contributed by atoms with Gasteiger partial charge < -0.3 is 19.3 Å². The molecule has 0 spiro atoms. The van der Waals surface area contributed by atoms with Crippen molar-refractivity contribution in [2.24, 2.45) is 0 Å². The van der Waals surface area contributed by atoms with Gasteiger partial charge >= 0.3 is 0 Å². The van der Waals surface area contributed by atoms with E-state index in [1.807, 2.05) is 30.3 Å². The van der Waals surface area contributed by atoms with Crippen molar-refractivity contribution >= 4 is 39.6 Å². The van der Waals surface area contributed by atoms with Crippen LogP contribution in [-0.2, 0) is 10.2 Å². The number of anilines is 3. The van der Waals surface area contributed by atoms with Crippen molar-refractivity contribution in [3.8, 4) is 17.0 Å². The largest absolute Gasteiger partial charge is 0.496 e. The minimum atomic E-state index is -0.0306. The lowest BCUT2D eigenvalue weighted by molar-refractivity contribution is 0.122. The third-order valence-corrected chi connectivity index (χ3v) is 7.73. The number of para-hydroxylation sites is 2. The van der Waals surface area contributed by atoms with E-state index in [4.69, 9.17) is 26.1 Å². The van der Waals surface area contributed by atoms with Crippen LogP contribution in [0.4, 0.5) is 17.1 Å². The van der Waals surface area contributed by atoms with E-state index >= 15 is 0 Å². The van der Waals surface area contributed by atoms with E-state index in [9.17, 15) is 0 Å². The Hall–Kier alpha value is -3.28. The lowest BCUT2D eigenvalue weighted by atomic mass is 9.87. The van der Waals surface area contributed by atoms with E-state index in [1.54, 1.807) is 7.11 Å². The summed E-state index contributed by atoms with van der Waals surface area (Å²) >= 11 is 7.29. The van der Waals surface area contributed by atoms with E-state index in [2.05, 4.69) is 60.0 Å². The van der Waals surface area contributed by atoms with Crippen LogP contribution in [0.1, 0.15) is 19.4 Å². The minimum Gasteiger partial charge on any atom is -0.496 e. The molecule has 6 rings (SSSR count). The number of ether oxygens (including phenoxy) is 2. The Kier molecular flexibility index (Phi) is 5.78. The molecule has 184 valence electrons. The van der Waals surface area contributed by atoms with Crippen LogP contribution in [0.2, 0.25) is 5.02 Å². The second-order valence-corrected chi connectivity index (χ2v) is 10.5. The summed E-state index contributed by atoms with van der Waals surface area (Å²) in [4.78, 5) is 9.80. The first kappa shape index (κ1) is 23.1. The maximum absolute atomic E-state index is 7.29. The molecule has 0 N–H and O–H groups in total. The first-order chi connectivity index (χ1) is 17.5. The number of morpholine rings is 1. The topological polar surface area (TPSA) is 37.8 Å². The van der Waals surface area contributed by atoms with Gasteiger partial charge in [-0.25, -0.2) is 4.98 Å². The van der Waals surface area contributed by atoms with Gasteiger partial charge in [0.05, 0.1) is 42.2 Å². The summed E-state index contributed by atoms with van der Waals surface area (Å²) in [5, 5.41) is 1.68. The van der Waals surface area contributed by atoms with Crippen LogP contribution in [0, 0.1) is 0 Å². The Bertz CT molecular complexity index is 1450. The van der Waals surface area contributed by atoms with Crippen molar-refractivity contribution in [3.63, 3.8) is 0 Å². The molecule has 1 aromatic heterocycles. The third-order valence-electron chi connectivity index (χ3n) is 7.37. The molecule has 2 aliphatic heterocycles. The van der Waals surface area contributed by atoms with E-state index in [0.717, 1.165) is 66.4 Å². The summed E-state index contributed by atoms with van der Waals surface area (Å²) in [7, 11) is 1.68.